The summed E-state index contributed by atoms with van der Waals surface area (Å²) in [5.74, 6) is 1.73. The Morgan fingerprint density at radius 2 is 2.05 bits per heavy atom. The minimum absolute atomic E-state index is 0.344. The molecule has 3 nitrogen and oxygen atoms in total. The zero-order valence-corrected chi connectivity index (χ0v) is 12.0. The van der Waals surface area contributed by atoms with Crippen molar-refractivity contribution in [2.75, 3.05) is 6.79 Å². The van der Waals surface area contributed by atoms with E-state index in [4.69, 9.17) is 9.47 Å². The van der Waals surface area contributed by atoms with E-state index in [9.17, 15) is 0 Å². The molecule has 104 valence electrons. The summed E-state index contributed by atoms with van der Waals surface area (Å²) >= 11 is 0. The Balaban J connectivity index is 1.72. The van der Waals surface area contributed by atoms with Crippen LogP contribution in [0, 0.1) is 5.41 Å². The predicted octanol–water partition coefficient (Wildman–Crippen LogP) is 3.64. The smallest absolute Gasteiger partial charge is 0.231 e. The van der Waals surface area contributed by atoms with Crippen LogP contribution in [0.25, 0.3) is 0 Å². The number of fused-ring (bicyclic) bond motifs is 1. The highest BCUT2D eigenvalue weighted by Gasteiger charge is 2.35. The van der Waals surface area contributed by atoms with Gasteiger partial charge in [-0.1, -0.05) is 26.3 Å². The molecule has 0 bridgehead atoms. The molecule has 0 spiro atoms. The monoisotopic (exact) mass is 261 g/mol. The van der Waals surface area contributed by atoms with Gasteiger partial charge < -0.3 is 14.8 Å². The van der Waals surface area contributed by atoms with Crippen LogP contribution in [0.1, 0.15) is 51.6 Å². The topological polar surface area (TPSA) is 30.5 Å². The van der Waals surface area contributed by atoms with E-state index in [1.54, 1.807) is 0 Å². The molecule has 2 aliphatic rings. The number of hydrogen-bond donors (Lipinski definition) is 1. The Kier molecular flexibility index (Phi) is 3.17. The number of benzene rings is 1. The molecule has 0 saturated heterocycles. The Labute approximate surface area is 115 Å². The Hall–Kier alpha value is -1.22. The van der Waals surface area contributed by atoms with Gasteiger partial charge in [-0.2, -0.15) is 0 Å². The van der Waals surface area contributed by atoms with E-state index < -0.39 is 0 Å². The number of hydrogen-bond acceptors (Lipinski definition) is 3. The van der Waals surface area contributed by atoms with Gasteiger partial charge in [-0.05, 0) is 42.9 Å². The first-order valence-corrected chi connectivity index (χ1v) is 7.22. The van der Waals surface area contributed by atoms with Crippen LogP contribution >= 0.6 is 0 Å². The molecule has 2 atom stereocenters. The van der Waals surface area contributed by atoms with Gasteiger partial charge in [-0.15, -0.1) is 0 Å². The maximum atomic E-state index is 5.45. The van der Waals surface area contributed by atoms with Crippen molar-refractivity contribution in [3.05, 3.63) is 23.8 Å². The Bertz CT molecular complexity index is 470. The number of ether oxygens (including phenoxy) is 2. The third-order valence-corrected chi connectivity index (χ3v) is 4.61. The Morgan fingerprint density at radius 1 is 1.26 bits per heavy atom. The first-order valence-electron chi connectivity index (χ1n) is 7.22. The van der Waals surface area contributed by atoms with Gasteiger partial charge in [-0.25, -0.2) is 0 Å². The van der Waals surface area contributed by atoms with Crippen LogP contribution in [0.4, 0.5) is 0 Å². The predicted molar refractivity (Wildman–Crippen MR) is 75.5 cm³/mol. The SMILES string of the molecule is CC(NC1CCCC1(C)C)c1ccc2c(c1)OCO2. The second-order valence-corrected chi connectivity index (χ2v) is 6.43. The lowest BCUT2D eigenvalue weighted by molar-refractivity contribution is 0.174. The van der Waals surface area contributed by atoms with E-state index in [2.05, 4.69) is 38.2 Å². The Morgan fingerprint density at radius 3 is 2.79 bits per heavy atom. The van der Waals surface area contributed by atoms with Crippen LogP contribution in [0.3, 0.4) is 0 Å². The molecule has 3 rings (SSSR count). The molecule has 2 unspecified atom stereocenters. The second-order valence-electron chi connectivity index (χ2n) is 6.43. The average Bonchev–Trinajstić information content (AvgIpc) is 2.95. The van der Waals surface area contributed by atoms with Gasteiger partial charge in [-0.3, -0.25) is 0 Å². The van der Waals surface area contributed by atoms with Gasteiger partial charge in [0, 0.05) is 12.1 Å². The van der Waals surface area contributed by atoms with Crippen molar-refractivity contribution in [1.29, 1.82) is 0 Å². The molecular formula is C16H23NO2. The summed E-state index contributed by atoms with van der Waals surface area (Å²) < 4.78 is 10.8. The quantitative estimate of drug-likeness (QED) is 0.901. The van der Waals surface area contributed by atoms with E-state index in [0.29, 0.717) is 24.3 Å². The highest BCUT2D eigenvalue weighted by atomic mass is 16.7. The molecule has 3 heteroatoms. The normalized spacial score (nSPS) is 25.5. The molecule has 1 aliphatic carbocycles. The summed E-state index contributed by atoms with van der Waals surface area (Å²) in [5, 5.41) is 3.78. The largest absolute Gasteiger partial charge is 0.454 e. The molecule has 1 aliphatic heterocycles. The minimum atomic E-state index is 0.344. The van der Waals surface area contributed by atoms with Crippen molar-refractivity contribution < 1.29 is 9.47 Å². The summed E-state index contributed by atoms with van der Waals surface area (Å²) in [6.45, 7) is 7.30. The molecule has 0 amide bonds. The zero-order valence-electron chi connectivity index (χ0n) is 12.0. The van der Waals surface area contributed by atoms with Crippen LogP contribution in [-0.4, -0.2) is 12.8 Å². The fourth-order valence-electron chi connectivity index (χ4n) is 3.22. The van der Waals surface area contributed by atoms with E-state index in [1.165, 1.54) is 24.8 Å². The third-order valence-electron chi connectivity index (χ3n) is 4.61. The van der Waals surface area contributed by atoms with Gasteiger partial charge in [0.15, 0.2) is 11.5 Å². The standard InChI is InChI=1S/C16H23NO2/c1-11(17-15-5-4-8-16(15,2)3)12-6-7-13-14(9-12)19-10-18-13/h6-7,9,11,15,17H,4-5,8,10H2,1-3H3. The summed E-state index contributed by atoms with van der Waals surface area (Å²) in [6, 6.07) is 7.19. The third kappa shape index (κ3) is 2.44. The summed E-state index contributed by atoms with van der Waals surface area (Å²) in [5.41, 5.74) is 1.68. The van der Waals surface area contributed by atoms with E-state index in [0.717, 1.165) is 11.5 Å². The molecule has 0 aromatic heterocycles. The molecule has 1 aromatic carbocycles. The second kappa shape index (κ2) is 4.71. The lowest BCUT2D eigenvalue weighted by Crippen LogP contribution is -2.39. The van der Waals surface area contributed by atoms with Gasteiger partial charge in [0.05, 0.1) is 0 Å². The van der Waals surface area contributed by atoms with E-state index in [1.807, 2.05) is 6.07 Å². The van der Waals surface area contributed by atoms with Gasteiger partial charge >= 0.3 is 0 Å². The lowest BCUT2D eigenvalue weighted by Gasteiger charge is -2.31. The molecule has 1 aromatic rings. The van der Waals surface area contributed by atoms with Gasteiger partial charge in [0.25, 0.3) is 0 Å². The highest BCUT2D eigenvalue weighted by Crippen LogP contribution is 2.39. The van der Waals surface area contributed by atoms with Crippen LogP contribution in [-0.2, 0) is 0 Å². The van der Waals surface area contributed by atoms with Crippen LogP contribution in [0.2, 0.25) is 0 Å². The van der Waals surface area contributed by atoms with E-state index in [-0.39, 0.29) is 0 Å². The summed E-state index contributed by atoms with van der Waals surface area (Å²) in [4.78, 5) is 0. The first-order chi connectivity index (χ1) is 9.06. The van der Waals surface area contributed by atoms with Crippen molar-refractivity contribution in [2.45, 2.75) is 52.1 Å². The molecule has 1 saturated carbocycles. The maximum Gasteiger partial charge on any atom is 0.231 e. The fraction of sp³-hybridized carbons (Fsp3) is 0.625. The maximum absolute atomic E-state index is 5.45. The van der Waals surface area contributed by atoms with E-state index >= 15 is 0 Å². The van der Waals surface area contributed by atoms with Crippen molar-refractivity contribution in [1.82, 2.24) is 5.32 Å². The minimum Gasteiger partial charge on any atom is -0.454 e. The summed E-state index contributed by atoms with van der Waals surface area (Å²) in [6.07, 6.45) is 3.93. The lowest BCUT2D eigenvalue weighted by atomic mass is 9.86. The molecular weight excluding hydrogens is 238 g/mol. The molecule has 0 radical (unpaired) electrons. The van der Waals surface area contributed by atoms with Crippen molar-refractivity contribution >= 4 is 0 Å². The van der Waals surface area contributed by atoms with Crippen LogP contribution in [0.5, 0.6) is 11.5 Å². The zero-order chi connectivity index (χ0) is 13.5. The molecule has 1 fully saturated rings. The highest BCUT2D eigenvalue weighted by molar-refractivity contribution is 5.45. The van der Waals surface area contributed by atoms with Gasteiger partial charge in [0.1, 0.15) is 0 Å². The number of rotatable bonds is 3. The molecule has 1 heterocycles. The molecule has 19 heavy (non-hydrogen) atoms. The molecule has 1 N–H and O–H groups in total. The van der Waals surface area contributed by atoms with Crippen molar-refractivity contribution in [3.8, 4) is 11.5 Å². The van der Waals surface area contributed by atoms with Crippen LogP contribution < -0.4 is 14.8 Å². The fourth-order valence-corrected chi connectivity index (χ4v) is 3.22. The van der Waals surface area contributed by atoms with Crippen molar-refractivity contribution in [2.24, 2.45) is 5.41 Å². The summed E-state index contributed by atoms with van der Waals surface area (Å²) in [7, 11) is 0. The average molecular weight is 261 g/mol. The first kappa shape index (κ1) is 12.8. The van der Waals surface area contributed by atoms with Crippen LogP contribution in [0.15, 0.2) is 18.2 Å². The van der Waals surface area contributed by atoms with Crippen molar-refractivity contribution in [3.63, 3.8) is 0 Å². The van der Waals surface area contributed by atoms with Gasteiger partial charge in [0.2, 0.25) is 6.79 Å². The number of nitrogens with one attached hydrogen (secondary N) is 1.